The molecule has 1 amide bonds. The standard InChI is InChI=1S/C16H22N4O/c1-4-9-20-12-17-10-13(20)11-18-15-8-6-5-7-14(15)16(21)19(2)3/h5-8,10,12,18H,4,9,11H2,1-3H3. The Kier molecular flexibility index (Phi) is 4.98. The third kappa shape index (κ3) is 3.62. The van der Waals surface area contributed by atoms with Gasteiger partial charge < -0.3 is 14.8 Å². The van der Waals surface area contributed by atoms with Gasteiger partial charge in [0.05, 0.1) is 24.1 Å². The predicted molar refractivity (Wildman–Crippen MR) is 84.3 cm³/mol. The van der Waals surface area contributed by atoms with Gasteiger partial charge in [0, 0.05) is 32.5 Å². The van der Waals surface area contributed by atoms with Crippen LogP contribution >= 0.6 is 0 Å². The van der Waals surface area contributed by atoms with Crippen molar-refractivity contribution >= 4 is 11.6 Å². The number of hydrogen-bond donors (Lipinski definition) is 1. The van der Waals surface area contributed by atoms with Crippen molar-refractivity contribution in [3.05, 3.63) is 48.0 Å². The molecule has 0 fully saturated rings. The number of rotatable bonds is 6. The van der Waals surface area contributed by atoms with E-state index in [4.69, 9.17) is 0 Å². The average molecular weight is 286 g/mol. The third-order valence-corrected chi connectivity index (χ3v) is 3.29. The summed E-state index contributed by atoms with van der Waals surface area (Å²) in [5.74, 6) is 0.000154. The maximum absolute atomic E-state index is 12.2. The van der Waals surface area contributed by atoms with Gasteiger partial charge in [-0.15, -0.1) is 0 Å². The van der Waals surface area contributed by atoms with E-state index < -0.39 is 0 Å². The first-order valence-corrected chi connectivity index (χ1v) is 7.17. The lowest BCUT2D eigenvalue weighted by molar-refractivity contribution is 0.0828. The maximum Gasteiger partial charge on any atom is 0.255 e. The molecule has 0 aliphatic heterocycles. The largest absolute Gasteiger partial charge is 0.379 e. The van der Waals surface area contributed by atoms with Crippen molar-refractivity contribution in [1.82, 2.24) is 14.5 Å². The van der Waals surface area contributed by atoms with Crippen molar-refractivity contribution in [2.45, 2.75) is 26.4 Å². The minimum atomic E-state index is 0.000154. The molecule has 1 N–H and O–H groups in total. The molecule has 0 bridgehead atoms. The van der Waals surface area contributed by atoms with Gasteiger partial charge in [-0.2, -0.15) is 0 Å². The predicted octanol–water partition coefficient (Wildman–Crippen LogP) is 2.61. The fraction of sp³-hybridized carbons (Fsp3) is 0.375. The van der Waals surface area contributed by atoms with E-state index in [2.05, 4.69) is 21.8 Å². The minimum absolute atomic E-state index is 0.000154. The van der Waals surface area contributed by atoms with Crippen LogP contribution in [0.4, 0.5) is 5.69 Å². The van der Waals surface area contributed by atoms with Crippen molar-refractivity contribution in [2.24, 2.45) is 0 Å². The van der Waals surface area contributed by atoms with Crippen LogP contribution in [0.3, 0.4) is 0 Å². The molecule has 5 heteroatoms. The molecule has 0 unspecified atom stereocenters. The van der Waals surface area contributed by atoms with Gasteiger partial charge in [-0.25, -0.2) is 4.98 Å². The monoisotopic (exact) mass is 286 g/mol. The van der Waals surface area contributed by atoms with Crippen LogP contribution in [-0.4, -0.2) is 34.5 Å². The number of aryl methyl sites for hydroxylation is 1. The normalized spacial score (nSPS) is 10.4. The Hall–Kier alpha value is -2.30. The molecular formula is C16H22N4O. The van der Waals surface area contributed by atoms with Crippen molar-refractivity contribution in [2.75, 3.05) is 19.4 Å². The Morgan fingerprint density at radius 2 is 2.10 bits per heavy atom. The summed E-state index contributed by atoms with van der Waals surface area (Å²) in [5.41, 5.74) is 2.65. The third-order valence-electron chi connectivity index (χ3n) is 3.29. The minimum Gasteiger partial charge on any atom is -0.379 e. The quantitative estimate of drug-likeness (QED) is 0.888. The second-order valence-corrected chi connectivity index (χ2v) is 5.18. The average Bonchev–Trinajstić information content (AvgIpc) is 2.92. The molecule has 0 radical (unpaired) electrons. The lowest BCUT2D eigenvalue weighted by Gasteiger charge is -2.15. The van der Waals surface area contributed by atoms with E-state index in [1.807, 2.05) is 36.8 Å². The van der Waals surface area contributed by atoms with Crippen LogP contribution in [0.25, 0.3) is 0 Å². The number of aromatic nitrogens is 2. The van der Waals surface area contributed by atoms with Gasteiger partial charge in [-0.05, 0) is 18.6 Å². The Morgan fingerprint density at radius 3 is 2.81 bits per heavy atom. The van der Waals surface area contributed by atoms with Crippen molar-refractivity contribution in [3.8, 4) is 0 Å². The van der Waals surface area contributed by atoms with E-state index in [1.165, 1.54) is 0 Å². The number of hydrogen-bond acceptors (Lipinski definition) is 3. The van der Waals surface area contributed by atoms with E-state index in [0.717, 1.165) is 24.3 Å². The van der Waals surface area contributed by atoms with Gasteiger partial charge in [0.2, 0.25) is 0 Å². The summed E-state index contributed by atoms with van der Waals surface area (Å²) in [6.45, 7) is 3.75. The molecule has 0 spiro atoms. The molecule has 1 heterocycles. The molecule has 5 nitrogen and oxygen atoms in total. The highest BCUT2D eigenvalue weighted by Crippen LogP contribution is 2.17. The van der Waals surface area contributed by atoms with Crippen LogP contribution in [0.5, 0.6) is 0 Å². The van der Waals surface area contributed by atoms with E-state index in [-0.39, 0.29) is 5.91 Å². The van der Waals surface area contributed by atoms with E-state index >= 15 is 0 Å². The highest BCUT2D eigenvalue weighted by molar-refractivity contribution is 5.99. The van der Waals surface area contributed by atoms with E-state index in [0.29, 0.717) is 12.1 Å². The smallest absolute Gasteiger partial charge is 0.255 e. The maximum atomic E-state index is 12.2. The van der Waals surface area contributed by atoms with Crippen LogP contribution in [0.1, 0.15) is 29.4 Å². The van der Waals surface area contributed by atoms with Crippen molar-refractivity contribution in [1.29, 1.82) is 0 Å². The first-order chi connectivity index (χ1) is 10.1. The second kappa shape index (κ2) is 6.92. The van der Waals surface area contributed by atoms with E-state index in [9.17, 15) is 4.79 Å². The number of para-hydroxylation sites is 1. The fourth-order valence-corrected chi connectivity index (χ4v) is 2.19. The van der Waals surface area contributed by atoms with Crippen LogP contribution < -0.4 is 5.32 Å². The molecule has 1 aromatic heterocycles. The number of carbonyl (C=O) groups excluding carboxylic acids is 1. The number of anilines is 1. The zero-order chi connectivity index (χ0) is 15.2. The lowest BCUT2D eigenvalue weighted by Crippen LogP contribution is -2.23. The molecule has 112 valence electrons. The summed E-state index contributed by atoms with van der Waals surface area (Å²) in [4.78, 5) is 17.9. The van der Waals surface area contributed by atoms with Gasteiger partial charge in [0.25, 0.3) is 5.91 Å². The van der Waals surface area contributed by atoms with Gasteiger partial charge in [-0.1, -0.05) is 19.1 Å². The summed E-state index contributed by atoms with van der Waals surface area (Å²) >= 11 is 0. The van der Waals surface area contributed by atoms with Gasteiger partial charge in [0.1, 0.15) is 0 Å². The number of nitrogens with zero attached hydrogens (tertiary/aromatic N) is 3. The number of benzene rings is 1. The summed E-state index contributed by atoms with van der Waals surface area (Å²) in [6, 6.07) is 7.58. The molecule has 21 heavy (non-hydrogen) atoms. The Labute approximate surface area is 125 Å². The number of carbonyl (C=O) groups is 1. The van der Waals surface area contributed by atoms with Crippen molar-refractivity contribution < 1.29 is 4.79 Å². The molecule has 2 rings (SSSR count). The van der Waals surface area contributed by atoms with Crippen molar-refractivity contribution in [3.63, 3.8) is 0 Å². The molecular weight excluding hydrogens is 264 g/mol. The first-order valence-electron chi connectivity index (χ1n) is 7.17. The highest BCUT2D eigenvalue weighted by Gasteiger charge is 2.12. The summed E-state index contributed by atoms with van der Waals surface area (Å²) in [6.07, 6.45) is 4.77. The van der Waals surface area contributed by atoms with Gasteiger partial charge in [-0.3, -0.25) is 4.79 Å². The molecule has 0 aliphatic carbocycles. The van der Waals surface area contributed by atoms with Gasteiger partial charge in [0.15, 0.2) is 0 Å². The van der Waals surface area contributed by atoms with Crippen LogP contribution in [0.2, 0.25) is 0 Å². The highest BCUT2D eigenvalue weighted by atomic mass is 16.2. The number of nitrogens with one attached hydrogen (secondary N) is 1. The molecule has 0 atom stereocenters. The Bertz CT molecular complexity index is 604. The van der Waals surface area contributed by atoms with Gasteiger partial charge >= 0.3 is 0 Å². The number of amides is 1. The molecule has 1 aromatic carbocycles. The lowest BCUT2D eigenvalue weighted by atomic mass is 10.1. The summed E-state index contributed by atoms with van der Waals surface area (Å²) in [5, 5.41) is 3.34. The first kappa shape index (κ1) is 15.1. The topological polar surface area (TPSA) is 50.2 Å². The molecule has 2 aromatic rings. The zero-order valence-corrected chi connectivity index (χ0v) is 12.8. The molecule has 0 aliphatic rings. The summed E-state index contributed by atoms with van der Waals surface area (Å²) < 4.78 is 2.13. The Morgan fingerprint density at radius 1 is 1.33 bits per heavy atom. The summed E-state index contributed by atoms with van der Waals surface area (Å²) in [7, 11) is 3.52. The molecule has 0 saturated carbocycles. The number of imidazole rings is 1. The SMILES string of the molecule is CCCn1cncc1CNc1ccccc1C(=O)N(C)C. The van der Waals surface area contributed by atoms with Crippen LogP contribution in [-0.2, 0) is 13.1 Å². The Balaban J connectivity index is 2.13. The zero-order valence-electron chi connectivity index (χ0n) is 12.8. The van der Waals surface area contributed by atoms with Crippen LogP contribution in [0, 0.1) is 0 Å². The fourth-order valence-electron chi connectivity index (χ4n) is 2.19. The molecule has 0 saturated heterocycles. The van der Waals surface area contributed by atoms with Crippen LogP contribution in [0.15, 0.2) is 36.8 Å². The second-order valence-electron chi connectivity index (χ2n) is 5.18. The van der Waals surface area contributed by atoms with E-state index in [1.54, 1.807) is 19.0 Å².